The molecule has 0 aliphatic heterocycles. The number of phenols is 1. The van der Waals surface area contributed by atoms with Crippen molar-refractivity contribution in [3.63, 3.8) is 0 Å². The van der Waals surface area contributed by atoms with Gasteiger partial charge in [-0.05, 0) is 111 Å². The molecule has 0 aliphatic carbocycles. The number of fused-ring (bicyclic) bond motifs is 1. The van der Waals surface area contributed by atoms with Crippen molar-refractivity contribution >= 4 is 141 Å². The van der Waals surface area contributed by atoms with Gasteiger partial charge in [-0.1, -0.05) is 11.1 Å². The summed E-state index contributed by atoms with van der Waals surface area (Å²) in [6, 6.07) is 12.7. The van der Waals surface area contributed by atoms with Gasteiger partial charge in [-0.15, -0.1) is 19.7 Å². The number of nitrogens with one attached hydrogen (secondary N) is 1. The van der Waals surface area contributed by atoms with Crippen molar-refractivity contribution in [2.45, 2.75) is 45.2 Å². The molecule has 1 heterocycles. The molecule has 0 atom stereocenters. The van der Waals surface area contributed by atoms with Crippen LogP contribution in [0.5, 0.6) is 11.5 Å². The van der Waals surface area contributed by atoms with E-state index >= 15 is 0 Å². The molecule has 0 bridgehead atoms. The smallest absolute Gasteiger partial charge is 0.447 e. The third kappa shape index (κ3) is 15.6. The summed E-state index contributed by atoms with van der Waals surface area (Å²) in [6.07, 6.45) is 0. The predicted molar refractivity (Wildman–Crippen MR) is 279 cm³/mol. The second kappa shape index (κ2) is 24.6. The topological polar surface area (TPSA) is 476 Å². The third-order valence-corrected chi connectivity index (χ3v) is 16.9. The van der Waals surface area contributed by atoms with Gasteiger partial charge in [0.25, 0.3) is 20.2 Å². The van der Waals surface area contributed by atoms with E-state index in [1.807, 2.05) is 0 Å². The average molecular weight is 1270 g/mol. The van der Waals surface area contributed by atoms with Crippen LogP contribution in [-0.4, -0.2) is 120 Å². The number of aryl methyl sites for hydroxylation is 1. The summed E-state index contributed by atoms with van der Waals surface area (Å²) in [6.45, 7) is 6.67. The van der Waals surface area contributed by atoms with E-state index in [0.717, 1.165) is 30.3 Å². The summed E-state index contributed by atoms with van der Waals surface area (Å²) in [5.74, 6) is -2.39. The van der Waals surface area contributed by atoms with Crippen LogP contribution in [0, 0.1) is 6.92 Å². The lowest BCUT2D eigenvalue weighted by atomic mass is 10.1. The minimum absolute atomic E-state index is 0.0301. The maximum atomic E-state index is 13.1. The highest BCUT2D eigenvalue weighted by atomic mass is 35.5. The Balaban J connectivity index is 1.42. The molecule has 0 amide bonds. The van der Waals surface area contributed by atoms with E-state index in [2.05, 4.69) is 65.0 Å². The van der Waals surface area contributed by atoms with Gasteiger partial charge in [0.2, 0.25) is 32.1 Å². The zero-order valence-corrected chi connectivity index (χ0v) is 46.9. The van der Waals surface area contributed by atoms with Crippen molar-refractivity contribution in [2.75, 3.05) is 35.7 Å². The van der Waals surface area contributed by atoms with E-state index in [4.69, 9.17) is 30.7 Å². The summed E-state index contributed by atoms with van der Waals surface area (Å²) >= 11 is 6.58. The quantitative estimate of drug-likeness (QED) is 0.00732. The summed E-state index contributed by atoms with van der Waals surface area (Å²) < 4.78 is 202. The maximum Gasteiger partial charge on any atom is 0.447 e. The normalized spacial score (nSPS) is 12.8. The van der Waals surface area contributed by atoms with Crippen molar-refractivity contribution < 1.29 is 102 Å². The van der Waals surface area contributed by atoms with Gasteiger partial charge in [-0.2, -0.15) is 53.7 Å². The second-order valence-corrected chi connectivity index (χ2v) is 25.5. The fraction of sp³-hybridized carbons (Fsp3) is 0.175. The number of aromatic hydroxyl groups is 1. The predicted octanol–water partition coefficient (Wildman–Crippen LogP) is 7.40. The Morgan fingerprint density at radius 2 is 1.45 bits per heavy atom. The second-order valence-electron chi connectivity index (χ2n) is 15.4. The van der Waals surface area contributed by atoms with E-state index < -0.39 is 121 Å². The van der Waals surface area contributed by atoms with Crippen molar-refractivity contribution in [1.29, 1.82) is 0 Å². The number of ether oxygens (including phenoxy) is 1. The number of aromatic nitrogens is 3. The molecule has 32 nitrogen and oxygen atoms in total. The number of benzene rings is 5. The van der Waals surface area contributed by atoms with Gasteiger partial charge in [0.15, 0.2) is 15.6 Å². The Morgan fingerprint density at radius 1 is 0.762 bits per heavy atom. The summed E-state index contributed by atoms with van der Waals surface area (Å²) in [5.41, 5.74) is -1.20. The van der Waals surface area contributed by atoms with E-state index in [-0.39, 0.29) is 85.8 Å². The minimum Gasteiger partial charge on any atom is -0.505 e. The fourth-order valence-electron chi connectivity index (χ4n) is 6.78. The monoisotopic (exact) mass is 1270 g/mol. The first kappa shape index (κ1) is 62.5. The first-order valence-electron chi connectivity index (χ1n) is 21.4. The highest BCUT2D eigenvalue weighted by molar-refractivity contribution is 7.96. The number of phenolic OH excluding ortho intramolecular Hbond substituents is 1. The van der Waals surface area contributed by atoms with Gasteiger partial charge in [-0.3, -0.25) is 18.2 Å². The molecule has 0 saturated heterocycles. The zero-order chi connectivity index (χ0) is 59.3. The first-order valence-corrected chi connectivity index (χ1v) is 31.2. The first-order chi connectivity index (χ1) is 37.1. The van der Waals surface area contributed by atoms with Crippen molar-refractivity contribution in [3.8, 4) is 11.5 Å². The van der Waals surface area contributed by atoms with Crippen LogP contribution >= 0.6 is 23.6 Å². The van der Waals surface area contributed by atoms with E-state index in [1.54, 1.807) is 13.8 Å². The van der Waals surface area contributed by atoms with Gasteiger partial charge in [0.05, 0.1) is 62.0 Å². The van der Waals surface area contributed by atoms with Crippen LogP contribution in [0.2, 0.25) is 5.28 Å². The molecule has 40 heteroatoms. The number of hydrogen-bond acceptors (Lipinski definition) is 29. The van der Waals surface area contributed by atoms with Crippen LogP contribution in [0.4, 0.5) is 46.0 Å². The molecule has 0 unspecified atom stereocenters. The number of halogens is 1. The number of anilines is 4. The standard InChI is InChI=1S/C40H38ClN9O23S7/c1-5-50(24-8-7-9-25(17-24)75(53,54)13-12-70-79(63,64)65)40-44-38(41)43-39(45-40)42-31-18-27(77(57,58)59)15-23-16-33(74-73-72-52)36(37(51)35(23)31)49-48-30-14-21(3)29(20-32(30)69-6-2)47-46-28-11-10-26(19-34(28)78(60,61)62)76(55,56)22(4)71-80(66,67)68/h7-11,14-20,51-52H,4-6,12-13H2,1-3H3,(H,57,58,59)(H,60,61,62)(H,63,64,65)(H,66,67,68)(H,42,43,44,45). The Hall–Kier alpha value is -6.67. The lowest BCUT2D eigenvalue weighted by Gasteiger charge is -2.22. The Labute approximate surface area is 463 Å². The number of hydrogen-bond donors (Lipinski definition) is 7. The van der Waals surface area contributed by atoms with Crippen molar-refractivity contribution in [1.82, 2.24) is 15.0 Å². The van der Waals surface area contributed by atoms with Gasteiger partial charge in [0.1, 0.15) is 27.7 Å². The van der Waals surface area contributed by atoms with Gasteiger partial charge in [-0.25, -0.2) is 26.3 Å². The summed E-state index contributed by atoms with van der Waals surface area (Å²) in [5, 5.41) is 41.4. The molecular formula is C40H38ClN9O23S7. The maximum absolute atomic E-state index is 13.1. The molecular weight excluding hydrogens is 1230 g/mol. The third-order valence-electron chi connectivity index (χ3n) is 10.2. The van der Waals surface area contributed by atoms with Crippen LogP contribution in [0.3, 0.4) is 0 Å². The molecule has 6 aromatic rings. The molecule has 0 spiro atoms. The molecule has 0 radical (unpaired) electrons. The summed E-state index contributed by atoms with van der Waals surface area (Å²) in [7, 11) is -29.9. The Morgan fingerprint density at radius 3 is 2.08 bits per heavy atom. The molecule has 5 aromatic carbocycles. The molecule has 1 aromatic heterocycles. The van der Waals surface area contributed by atoms with Crippen LogP contribution in [0.1, 0.15) is 19.4 Å². The Kier molecular flexibility index (Phi) is 19.2. The Bertz CT molecular complexity index is 4220. The van der Waals surface area contributed by atoms with Crippen LogP contribution < -0.4 is 15.0 Å². The van der Waals surface area contributed by atoms with Gasteiger partial charge >= 0.3 is 20.8 Å². The SMILES string of the molecule is C=C(OS(=O)(=O)O)S(=O)(=O)c1ccc(N=Nc2cc(OCC)c(N=Nc3c(SOOO)cc4cc(S(=O)(=O)O)cc(Nc5nc(Cl)nc(N(CC)c6cccc(S(=O)(=O)CCOS(=O)(=O)O)c6)n5)c4c3O)cc2C)c(S(=O)(=O)O)c1. The fourth-order valence-corrected chi connectivity index (χ4v) is 11.9. The van der Waals surface area contributed by atoms with Crippen LogP contribution in [-0.2, 0) is 78.4 Å². The molecule has 0 aliphatic rings. The summed E-state index contributed by atoms with van der Waals surface area (Å²) in [4.78, 5) is 10.5. The lowest BCUT2D eigenvalue weighted by molar-refractivity contribution is -0.432. The number of rotatable bonds is 25. The van der Waals surface area contributed by atoms with Crippen LogP contribution in [0.25, 0.3) is 10.8 Å². The number of nitrogens with zero attached hydrogens (tertiary/aromatic N) is 8. The molecule has 0 saturated carbocycles. The van der Waals surface area contributed by atoms with Crippen molar-refractivity contribution in [3.05, 3.63) is 95.3 Å². The highest BCUT2D eigenvalue weighted by Crippen LogP contribution is 2.48. The molecule has 80 heavy (non-hydrogen) atoms. The highest BCUT2D eigenvalue weighted by Gasteiger charge is 2.29. The van der Waals surface area contributed by atoms with E-state index in [9.17, 15) is 64.7 Å². The van der Waals surface area contributed by atoms with Gasteiger partial charge < -0.3 is 24.2 Å². The number of azo groups is 2. The zero-order valence-electron chi connectivity index (χ0n) is 40.4. The average Bonchev–Trinajstić information content (AvgIpc) is 3.34. The minimum atomic E-state index is -5.38. The molecule has 7 N–H and O–H groups in total. The molecule has 430 valence electrons. The molecule has 6 rings (SSSR count). The van der Waals surface area contributed by atoms with Gasteiger partial charge in [0, 0.05) is 23.7 Å². The molecule has 0 fully saturated rings. The van der Waals surface area contributed by atoms with E-state index in [0.29, 0.717) is 6.07 Å². The van der Waals surface area contributed by atoms with Crippen LogP contribution in [0.15, 0.2) is 129 Å². The largest absolute Gasteiger partial charge is 0.505 e. The number of sulfone groups is 2. The van der Waals surface area contributed by atoms with E-state index in [1.165, 1.54) is 48.2 Å². The lowest BCUT2D eigenvalue weighted by Crippen LogP contribution is -2.21. The van der Waals surface area contributed by atoms with Crippen molar-refractivity contribution in [2.24, 2.45) is 20.5 Å².